The summed E-state index contributed by atoms with van der Waals surface area (Å²) in [6, 6.07) is 9.77. The number of carbonyl (C=O) groups excluding carboxylic acids is 1. The van der Waals surface area contributed by atoms with Crippen molar-refractivity contribution in [2.75, 3.05) is 33.2 Å². The molecule has 2 fully saturated rings. The lowest BCUT2D eigenvalue weighted by molar-refractivity contribution is -0.137. The Labute approximate surface area is 150 Å². The molecule has 7 heteroatoms. The number of carbonyl (C=O) groups is 1. The number of amides is 1. The molecule has 0 radical (unpaired) electrons. The van der Waals surface area contributed by atoms with Crippen molar-refractivity contribution in [3.8, 4) is 0 Å². The van der Waals surface area contributed by atoms with Gasteiger partial charge in [-0.3, -0.25) is 4.79 Å². The second-order valence-electron chi connectivity index (χ2n) is 7.38. The van der Waals surface area contributed by atoms with E-state index in [1.807, 2.05) is 30.3 Å². The fourth-order valence-electron chi connectivity index (χ4n) is 3.76. The third-order valence-corrected chi connectivity index (χ3v) is 7.38. The summed E-state index contributed by atoms with van der Waals surface area (Å²) in [5.74, 6) is 0.487. The summed E-state index contributed by atoms with van der Waals surface area (Å²) in [7, 11) is -1.86. The molecule has 25 heavy (non-hydrogen) atoms. The smallest absolute Gasteiger partial charge is 0.282 e. The number of hydrogen-bond donors (Lipinski definition) is 1. The topological polar surface area (TPSA) is 69.7 Å². The van der Waals surface area contributed by atoms with Gasteiger partial charge in [0.1, 0.15) is 0 Å². The summed E-state index contributed by atoms with van der Waals surface area (Å²) in [6.07, 6.45) is 2.35. The standard InChI is InChI=1S/C18H27N3O3S/c1-15-8-10-20(11-9-15)25(23,24)21-13-18(14-21,17(22)19-2)12-16-6-4-3-5-7-16/h3-7,15H,8-14H2,1-2H3,(H,19,22). The van der Waals surface area contributed by atoms with Crippen LogP contribution in [0, 0.1) is 11.3 Å². The van der Waals surface area contributed by atoms with Crippen LogP contribution in [0.1, 0.15) is 25.3 Å². The van der Waals surface area contributed by atoms with Gasteiger partial charge in [0.15, 0.2) is 0 Å². The molecule has 0 atom stereocenters. The fraction of sp³-hybridized carbons (Fsp3) is 0.611. The van der Waals surface area contributed by atoms with Gasteiger partial charge in [-0.2, -0.15) is 17.0 Å². The molecule has 0 bridgehead atoms. The quantitative estimate of drug-likeness (QED) is 0.854. The predicted octanol–water partition coefficient (Wildman–Crippen LogP) is 1.25. The Morgan fingerprint density at radius 2 is 1.76 bits per heavy atom. The van der Waals surface area contributed by atoms with Crippen LogP contribution in [0.5, 0.6) is 0 Å². The third kappa shape index (κ3) is 3.59. The van der Waals surface area contributed by atoms with E-state index in [9.17, 15) is 13.2 Å². The highest BCUT2D eigenvalue weighted by Gasteiger charge is 2.54. The summed E-state index contributed by atoms with van der Waals surface area (Å²) in [5, 5.41) is 2.71. The number of piperidine rings is 1. The minimum absolute atomic E-state index is 0.0879. The van der Waals surface area contributed by atoms with E-state index in [1.165, 1.54) is 4.31 Å². The highest BCUT2D eigenvalue weighted by Crippen LogP contribution is 2.38. The number of rotatable bonds is 5. The van der Waals surface area contributed by atoms with Gasteiger partial charge in [0.25, 0.3) is 10.2 Å². The molecule has 2 aliphatic rings. The minimum atomic E-state index is -3.47. The van der Waals surface area contributed by atoms with Crippen LogP contribution >= 0.6 is 0 Å². The Morgan fingerprint density at radius 1 is 1.16 bits per heavy atom. The van der Waals surface area contributed by atoms with E-state index in [0.717, 1.165) is 18.4 Å². The first kappa shape index (κ1) is 18.4. The van der Waals surface area contributed by atoms with Gasteiger partial charge >= 0.3 is 0 Å². The molecule has 2 saturated heterocycles. The van der Waals surface area contributed by atoms with Crippen molar-refractivity contribution in [2.24, 2.45) is 11.3 Å². The maximum atomic E-state index is 12.8. The molecule has 2 aliphatic heterocycles. The van der Waals surface area contributed by atoms with Gasteiger partial charge in [0.2, 0.25) is 5.91 Å². The van der Waals surface area contributed by atoms with Crippen LogP contribution in [0.4, 0.5) is 0 Å². The Hall–Kier alpha value is -1.44. The molecule has 0 aliphatic carbocycles. The van der Waals surface area contributed by atoms with Gasteiger partial charge in [0, 0.05) is 33.2 Å². The number of nitrogens with zero attached hydrogens (tertiary/aromatic N) is 2. The lowest BCUT2D eigenvalue weighted by Gasteiger charge is -2.49. The Kier molecular flexibility index (Phi) is 5.18. The molecule has 1 aromatic rings. The van der Waals surface area contributed by atoms with Crippen LogP contribution in [-0.4, -0.2) is 56.2 Å². The average molecular weight is 365 g/mol. The van der Waals surface area contributed by atoms with E-state index in [-0.39, 0.29) is 19.0 Å². The molecular weight excluding hydrogens is 338 g/mol. The lowest BCUT2D eigenvalue weighted by Crippen LogP contribution is -2.67. The third-order valence-electron chi connectivity index (χ3n) is 5.45. The minimum Gasteiger partial charge on any atom is -0.359 e. The number of benzene rings is 1. The monoisotopic (exact) mass is 365 g/mol. The van der Waals surface area contributed by atoms with E-state index >= 15 is 0 Å². The molecule has 2 heterocycles. The summed E-state index contributed by atoms with van der Waals surface area (Å²) >= 11 is 0. The van der Waals surface area contributed by atoms with Crippen LogP contribution in [-0.2, 0) is 21.4 Å². The normalized spacial score (nSPS) is 22.3. The summed E-state index contributed by atoms with van der Waals surface area (Å²) in [5.41, 5.74) is 0.377. The summed E-state index contributed by atoms with van der Waals surface area (Å²) < 4.78 is 28.7. The van der Waals surface area contributed by atoms with Gasteiger partial charge in [-0.05, 0) is 30.7 Å². The molecule has 0 aromatic heterocycles. The largest absolute Gasteiger partial charge is 0.359 e. The van der Waals surface area contributed by atoms with Crippen molar-refractivity contribution in [1.82, 2.24) is 13.9 Å². The molecule has 1 aromatic carbocycles. The fourth-order valence-corrected chi connectivity index (χ4v) is 5.58. The van der Waals surface area contributed by atoms with Crippen LogP contribution in [0.2, 0.25) is 0 Å². The van der Waals surface area contributed by atoms with Crippen molar-refractivity contribution >= 4 is 16.1 Å². The van der Waals surface area contributed by atoms with Crippen LogP contribution < -0.4 is 5.32 Å². The lowest BCUT2D eigenvalue weighted by atomic mass is 9.75. The number of hydrogen-bond acceptors (Lipinski definition) is 3. The molecule has 3 rings (SSSR count). The summed E-state index contributed by atoms with van der Waals surface area (Å²) in [6.45, 7) is 3.80. The van der Waals surface area contributed by atoms with Crippen LogP contribution in [0.25, 0.3) is 0 Å². The molecule has 0 unspecified atom stereocenters. The second kappa shape index (κ2) is 7.05. The van der Waals surface area contributed by atoms with Crippen molar-refractivity contribution in [2.45, 2.75) is 26.2 Å². The van der Waals surface area contributed by atoms with E-state index < -0.39 is 15.6 Å². The van der Waals surface area contributed by atoms with Gasteiger partial charge in [-0.15, -0.1) is 0 Å². The zero-order valence-electron chi connectivity index (χ0n) is 14.9. The molecule has 6 nitrogen and oxygen atoms in total. The number of nitrogens with one attached hydrogen (secondary N) is 1. The van der Waals surface area contributed by atoms with E-state index in [1.54, 1.807) is 11.4 Å². The highest BCUT2D eigenvalue weighted by molar-refractivity contribution is 7.86. The summed E-state index contributed by atoms with van der Waals surface area (Å²) in [4.78, 5) is 12.5. The first-order valence-electron chi connectivity index (χ1n) is 8.89. The molecule has 1 amide bonds. The Bertz CT molecular complexity index is 706. The Balaban J connectivity index is 1.72. The van der Waals surface area contributed by atoms with Gasteiger partial charge in [0.05, 0.1) is 5.41 Å². The first-order valence-corrected chi connectivity index (χ1v) is 10.3. The molecule has 0 saturated carbocycles. The average Bonchev–Trinajstić information content (AvgIpc) is 2.58. The zero-order chi connectivity index (χ0) is 18.1. The molecule has 1 N–H and O–H groups in total. The van der Waals surface area contributed by atoms with Crippen molar-refractivity contribution < 1.29 is 13.2 Å². The van der Waals surface area contributed by atoms with Crippen LogP contribution in [0.15, 0.2) is 30.3 Å². The van der Waals surface area contributed by atoms with E-state index in [4.69, 9.17) is 0 Å². The van der Waals surface area contributed by atoms with Crippen molar-refractivity contribution in [1.29, 1.82) is 0 Å². The van der Waals surface area contributed by atoms with Crippen molar-refractivity contribution in [3.63, 3.8) is 0 Å². The van der Waals surface area contributed by atoms with E-state index in [2.05, 4.69) is 12.2 Å². The highest BCUT2D eigenvalue weighted by atomic mass is 32.2. The van der Waals surface area contributed by atoms with Crippen LogP contribution in [0.3, 0.4) is 0 Å². The SMILES string of the molecule is CNC(=O)C1(Cc2ccccc2)CN(S(=O)(=O)N2CCC(C)CC2)C1. The maximum absolute atomic E-state index is 12.8. The van der Waals surface area contributed by atoms with Crippen molar-refractivity contribution in [3.05, 3.63) is 35.9 Å². The first-order chi connectivity index (χ1) is 11.9. The zero-order valence-corrected chi connectivity index (χ0v) is 15.8. The Morgan fingerprint density at radius 3 is 2.32 bits per heavy atom. The van der Waals surface area contributed by atoms with Gasteiger partial charge in [-0.25, -0.2) is 0 Å². The second-order valence-corrected chi connectivity index (χ2v) is 9.31. The maximum Gasteiger partial charge on any atom is 0.282 e. The molecule has 138 valence electrons. The predicted molar refractivity (Wildman–Crippen MR) is 97.1 cm³/mol. The molecule has 0 spiro atoms. The van der Waals surface area contributed by atoms with Gasteiger partial charge < -0.3 is 5.32 Å². The van der Waals surface area contributed by atoms with E-state index in [0.29, 0.717) is 25.4 Å². The molecular formula is C18H27N3O3S. The van der Waals surface area contributed by atoms with Gasteiger partial charge in [-0.1, -0.05) is 37.3 Å².